The summed E-state index contributed by atoms with van der Waals surface area (Å²) < 4.78 is 0. The molecule has 0 amide bonds. The molecule has 1 rings (SSSR count). The third-order valence-electron chi connectivity index (χ3n) is 2.80. The number of carbonyl (C=O) groups excluding carboxylic acids is 1. The highest BCUT2D eigenvalue weighted by atomic mass is 16.4. The standard InChI is InChI=1S/C12H18N2O5/c13-7-3-1-6(2-4-7)10(17)9(14)12(19)11(18)8(16)5-15/h1-4,8-9,11-12,15-16,18-19H,5,13-14H2/t8-,9+,11-,12-/m1/s1. The molecule has 8 N–H and O–H groups in total. The zero-order valence-electron chi connectivity index (χ0n) is 10.2. The second kappa shape index (κ2) is 6.60. The molecule has 19 heavy (non-hydrogen) atoms. The fourth-order valence-corrected chi connectivity index (χ4v) is 1.54. The molecule has 0 bridgehead atoms. The van der Waals surface area contributed by atoms with E-state index in [1.54, 1.807) is 0 Å². The molecule has 0 aliphatic rings. The van der Waals surface area contributed by atoms with Crippen LogP contribution in [0.3, 0.4) is 0 Å². The van der Waals surface area contributed by atoms with Gasteiger partial charge in [-0.05, 0) is 24.3 Å². The first-order valence-electron chi connectivity index (χ1n) is 5.69. The molecule has 0 unspecified atom stereocenters. The molecule has 106 valence electrons. The smallest absolute Gasteiger partial charge is 0.182 e. The average molecular weight is 270 g/mol. The molecule has 0 aliphatic heterocycles. The van der Waals surface area contributed by atoms with E-state index in [1.165, 1.54) is 24.3 Å². The third kappa shape index (κ3) is 3.72. The van der Waals surface area contributed by atoms with E-state index in [-0.39, 0.29) is 5.56 Å². The summed E-state index contributed by atoms with van der Waals surface area (Å²) in [4.78, 5) is 11.9. The van der Waals surface area contributed by atoms with E-state index >= 15 is 0 Å². The number of hydrogen-bond donors (Lipinski definition) is 6. The number of ketones is 1. The molecule has 0 aliphatic carbocycles. The van der Waals surface area contributed by atoms with Crippen molar-refractivity contribution in [3.63, 3.8) is 0 Å². The maximum Gasteiger partial charge on any atom is 0.182 e. The third-order valence-corrected chi connectivity index (χ3v) is 2.80. The summed E-state index contributed by atoms with van der Waals surface area (Å²) in [6.45, 7) is -0.749. The lowest BCUT2D eigenvalue weighted by Crippen LogP contribution is -2.52. The highest BCUT2D eigenvalue weighted by Gasteiger charge is 2.33. The zero-order chi connectivity index (χ0) is 14.6. The van der Waals surface area contributed by atoms with Gasteiger partial charge in [0.25, 0.3) is 0 Å². The van der Waals surface area contributed by atoms with E-state index < -0.39 is 36.7 Å². The Bertz CT molecular complexity index is 423. The van der Waals surface area contributed by atoms with Crippen molar-refractivity contribution in [3.05, 3.63) is 29.8 Å². The van der Waals surface area contributed by atoms with E-state index in [0.717, 1.165) is 0 Å². The second-order valence-corrected chi connectivity index (χ2v) is 4.24. The fourth-order valence-electron chi connectivity index (χ4n) is 1.54. The SMILES string of the molecule is Nc1ccc(C(=O)[C@H](N)[C@@H](O)[C@H](O)[C@H](O)CO)cc1. The van der Waals surface area contributed by atoms with Gasteiger partial charge in [0.1, 0.15) is 18.3 Å². The second-order valence-electron chi connectivity index (χ2n) is 4.24. The van der Waals surface area contributed by atoms with Crippen LogP contribution in [0.15, 0.2) is 24.3 Å². The van der Waals surface area contributed by atoms with Gasteiger partial charge in [0, 0.05) is 11.3 Å². The van der Waals surface area contributed by atoms with Gasteiger partial charge in [-0.1, -0.05) is 0 Å². The molecule has 7 heteroatoms. The van der Waals surface area contributed by atoms with E-state index in [1.807, 2.05) is 0 Å². The summed E-state index contributed by atoms with van der Waals surface area (Å²) in [5, 5.41) is 37.0. The molecule has 0 heterocycles. The molecule has 0 aromatic heterocycles. The Kier molecular flexibility index (Phi) is 5.40. The van der Waals surface area contributed by atoms with Crippen LogP contribution in [-0.4, -0.2) is 57.2 Å². The van der Waals surface area contributed by atoms with Crippen LogP contribution in [0.1, 0.15) is 10.4 Å². The van der Waals surface area contributed by atoms with E-state index in [0.29, 0.717) is 5.69 Å². The number of anilines is 1. The molecular formula is C12H18N2O5. The number of carbonyl (C=O) groups is 1. The van der Waals surface area contributed by atoms with Gasteiger partial charge in [-0.3, -0.25) is 4.79 Å². The van der Waals surface area contributed by atoms with Crippen LogP contribution in [0.2, 0.25) is 0 Å². The molecule has 1 aromatic rings. The van der Waals surface area contributed by atoms with Crippen LogP contribution < -0.4 is 11.5 Å². The van der Waals surface area contributed by atoms with Crippen molar-refractivity contribution in [2.24, 2.45) is 5.73 Å². The van der Waals surface area contributed by atoms with E-state index in [4.69, 9.17) is 16.6 Å². The summed E-state index contributed by atoms with van der Waals surface area (Å²) >= 11 is 0. The minimum atomic E-state index is -1.71. The van der Waals surface area contributed by atoms with E-state index in [2.05, 4.69) is 0 Å². The Morgan fingerprint density at radius 3 is 2.11 bits per heavy atom. The van der Waals surface area contributed by atoms with Crippen LogP contribution in [0.25, 0.3) is 0 Å². The molecule has 4 atom stereocenters. The van der Waals surface area contributed by atoms with Gasteiger partial charge in [0.15, 0.2) is 5.78 Å². The number of rotatable bonds is 6. The van der Waals surface area contributed by atoms with Crippen molar-refractivity contribution in [1.82, 2.24) is 0 Å². The van der Waals surface area contributed by atoms with Gasteiger partial charge in [0.05, 0.1) is 12.6 Å². The molecule has 7 nitrogen and oxygen atoms in total. The van der Waals surface area contributed by atoms with Gasteiger partial charge in [-0.2, -0.15) is 0 Å². The first-order chi connectivity index (χ1) is 8.88. The molecule has 0 saturated carbocycles. The van der Waals surface area contributed by atoms with Crippen LogP contribution in [0.5, 0.6) is 0 Å². The molecule has 0 saturated heterocycles. The highest BCUT2D eigenvalue weighted by Crippen LogP contribution is 2.11. The van der Waals surface area contributed by atoms with Crippen molar-refractivity contribution in [1.29, 1.82) is 0 Å². The number of nitrogens with two attached hydrogens (primary N) is 2. The summed E-state index contributed by atoms with van der Waals surface area (Å²) in [6, 6.07) is 4.48. The molecule has 1 aromatic carbocycles. The summed E-state index contributed by atoms with van der Waals surface area (Å²) in [7, 11) is 0. The van der Waals surface area contributed by atoms with Gasteiger partial charge < -0.3 is 31.9 Å². The number of nitrogen functional groups attached to an aromatic ring is 1. The van der Waals surface area contributed by atoms with Gasteiger partial charge in [0.2, 0.25) is 0 Å². The van der Waals surface area contributed by atoms with Gasteiger partial charge in [-0.15, -0.1) is 0 Å². The zero-order valence-corrected chi connectivity index (χ0v) is 10.2. The lowest BCUT2D eigenvalue weighted by Gasteiger charge is -2.25. The number of aliphatic hydroxyl groups excluding tert-OH is 4. The maximum atomic E-state index is 11.9. The number of hydrogen-bond acceptors (Lipinski definition) is 7. The van der Waals surface area contributed by atoms with Crippen molar-refractivity contribution in [2.75, 3.05) is 12.3 Å². The normalized spacial score (nSPS) is 17.5. The molecule has 0 fully saturated rings. The summed E-state index contributed by atoms with van der Waals surface area (Å²) in [6.07, 6.45) is -4.97. The Morgan fingerprint density at radius 1 is 1.11 bits per heavy atom. The quantitative estimate of drug-likeness (QED) is 0.255. The Morgan fingerprint density at radius 2 is 1.63 bits per heavy atom. The minimum Gasteiger partial charge on any atom is -0.399 e. The molecular weight excluding hydrogens is 252 g/mol. The maximum absolute atomic E-state index is 11.9. The Balaban J connectivity index is 2.79. The van der Waals surface area contributed by atoms with Crippen LogP contribution in [-0.2, 0) is 0 Å². The minimum absolute atomic E-state index is 0.228. The lowest BCUT2D eigenvalue weighted by atomic mass is 9.95. The fraction of sp³-hybridized carbons (Fsp3) is 0.417. The summed E-state index contributed by atoms with van der Waals surface area (Å²) in [5.74, 6) is -0.600. The topological polar surface area (TPSA) is 150 Å². The van der Waals surface area contributed by atoms with Crippen molar-refractivity contribution < 1.29 is 25.2 Å². The van der Waals surface area contributed by atoms with Gasteiger partial charge in [-0.25, -0.2) is 0 Å². The van der Waals surface area contributed by atoms with Crippen LogP contribution >= 0.6 is 0 Å². The largest absolute Gasteiger partial charge is 0.399 e. The van der Waals surface area contributed by atoms with Crippen LogP contribution in [0.4, 0.5) is 5.69 Å². The Hall–Kier alpha value is -1.51. The number of benzene rings is 1. The van der Waals surface area contributed by atoms with Crippen molar-refractivity contribution >= 4 is 11.5 Å². The lowest BCUT2D eigenvalue weighted by molar-refractivity contribution is -0.0798. The Labute approximate surface area is 110 Å². The van der Waals surface area contributed by atoms with Crippen LogP contribution in [0, 0.1) is 0 Å². The average Bonchev–Trinajstić information content (AvgIpc) is 2.44. The monoisotopic (exact) mass is 270 g/mol. The van der Waals surface area contributed by atoms with E-state index in [9.17, 15) is 20.1 Å². The predicted molar refractivity (Wildman–Crippen MR) is 68.3 cm³/mol. The first-order valence-corrected chi connectivity index (χ1v) is 5.69. The molecule has 0 radical (unpaired) electrons. The first kappa shape index (κ1) is 15.5. The van der Waals surface area contributed by atoms with Gasteiger partial charge >= 0.3 is 0 Å². The predicted octanol–water partition coefficient (Wildman–Crippen LogP) is -2.15. The van der Waals surface area contributed by atoms with Crippen molar-refractivity contribution in [2.45, 2.75) is 24.4 Å². The summed E-state index contributed by atoms with van der Waals surface area (Å²) in [5.41, 5.74) is 11.7. The number of Topliss-reactive ketones (excluding diaryl/α,β-unsaturated/α-hetero) is 1. The molecule has 0 spiro atoms. The highest BCUT2D eigenvalue weighted by molar-refractivity contribution is 6.00. The number of aliphatic hydroxyl groups is 4. The van der Waals surface area contributed by atoms with Crippen molar-refractivity contribution in [3.8, 4) is 0 Å².